The van der Waals surface area contributed by atoms with Crippen LogP contribution in [0.4, 0.5) is 0 Å². The van der Waals surface area contributed by atoms with Crippen LogP contribution in [-0.4, -0.2) is 51.1 Å². The Kier molecular flexibility index (Phi) is 9.87. The summed E-state index contributed by atoms with van der Waals surface area (Å²) in [6.45, 7) is 3.01. The first-order chi connectivity index (χ1) is 11.6. The quantitative estimate of drug-likeness (QED) is 0.288. The van der Waals surface area contributed by atoms with Gasteiger partial charge in [0.2, 0.25) is 0 Å². The molecule has 132 valence electrons. The normalized spacial score (nSPS) is 11.0. The molecule has 0 aliphatic heterocycles. The Morgan fingerprint density at radius 1 is 1.12 bits per heavy atom. The number of oxime groups is 1. The summed E-state index contributed by atoms with van der Waals surface area (Å²) in [4.78, 5) is 28.3. The number of rotatable bonds is 11. The first-order valence-corrected chi connectivity index (χ1v) is 7.76. The van der Waals surface area contributed by atoms with Crippen LogP contribution in [0.1, 0.15) is 30.1 Å². The van der Waals surface area contributed by atoms with Crippen LogP contribution in [0.25, 0.3) is 0 Å². The van der Waals surface area contributed by atoms with Gasteiger partial charge in [-0.05, 0) is 25.5 Å². The second kappa shape index (κ2) is 12.1. The molecular weight excluding hydrogens is 312 g/mol. The van der Waals surface area contributed by atoms with Crippen molar-refractivity contribution in [3.63, 3.8) is 0 Å². The highest BCUT2D eigenvalue weighted by Crippen LogP contribution is 1.98. The zero-order valence-corrected chi connectivity index (χ0v) is 14.1. The van der Waals surface area contributed by atoms with Crippen LogP contribution < -0.4 is 5.32 Å². The topological polar surface area (TPSA) is 86.2 Å². The highest BCUT2D eigenvalue weighted by molar-refractivity contribution is 5.97. The van der Waals surface area contributed by atoms with Crippen molar-refractivity contribution in [2.24, 2.45) is 5.16 Å². The average molecular weight is 336 g/mol. The average Bonchev–Trinajstić information content (AvgIpc) is 2.60. The van der Waals surface area contributed by atoms with Crippen molar-refractivity contribution in [3.05, 3.63) is 35.9 Å². The molecule has 0 saturated heterocycles. The summed E-state index contributed by atoms with van der Waals surface area (Å²) in [6, 6.07) is 8.94. The number of carbonyl (C=O) groups is 2. The van der Waals surface area contributed by atoms with Crippen molar-refractivity contribution in [1.29, 1.82) is 0 Å². The lowest BCUT2D eigenvalue weighted by Crippen LogP contribution is -2.28. The first kappa shape index (κ1) is 19.6. The molecule has 1 aromatic rings. The Balaban J connectivity index is 2.12. The third-order valence-electron chi connectivity index (χ3n) is 2.93. The lowest BCUT2D eigenvalue weighted by Gasteiger charge is -2.06. The number of nitrogens with one attached hydrogen (secondary N) is 1. The largest absolute Gasteiger partial charge is 0.463 e. The van der Waals surface area contributed by atoms with Crippen molar-refractivity contribution in [1.82, 2.24) is 5.32 Å². The van der Waals surface area contributed by atoms with Crippen LogP contribution >= 0.6 is 0 Å². The van der Waals surface area contributed by atoms with Crippen molar-refractivity contribution in [2.75, 3.05) is 33.5 Å². The maximum absolute atomic E-state index is 11.8. The number of methoxy groups -OCH3 is 1. The molecule has 0 heterocycles. The van der Waals surface area contributed by atoms with E-state index in [-0.39, 0.29) is 24.9 Å². The third kappa shape index (κ3) is 8.89. The molecule has 1 aromatic carbocycles. The SMILES string of the molecule is COCCOC(=O)CCCO/N=C(/C)CNC(=O)c1ccccc1. The van der Waals surface area contributed by atoms with Crippen molar-refractivity contribution in [3.8, 4) is 0 Å². The molecule has 0 radical (unpaired) electrons. The van der Waals surface area contributed by atoms with E-state index < -0.39 is 0 Å². The van der Waals surface area contributed by atoms with Gasteiger partial charge in [-0.15, -0.1) is 0 Å². The Morgan fingerprint density at radius 3 is 2.58 bits per heavy atom. The zero-order chi connectivity index (χ0) is 17.6. The van der Waals surface area contributed by atoms with Gasteiger partial charge >= 0.3 is 5.97 Å². The summed E-state index contributed by atoms with van der Waals surface area (Å²) in [5, 5.41) is 6.64. The van der Waals surface area contributed by atoms with Gasteiger partial charge < -0.3 is 19.6 Å². The molecule has 0 saturated carbocycles. The van der Waals surface area contributed by atoms with E-state index in [4.69, 9.17) is 14.3 Å². The van der Waals surface area contributed by atoms with Crippen LogP contribution in [0.2, 0.25) is 0 Å². The minimum atomic E-state index is -0.286. The summed E-state index contributed by atoms with van der Waals surface area (Å²) in [7, 11) is 1.55. The molecule has 24 heavy (non-hydrogen) atoms. The molecule has 0 aliphatic rings. The fourth-order valence-electron chi connectivity index (χ4n) is 1.68. The maximum Gasteiger partial charge on any atom is 0.305 e. The van der Waals surface area contributed by atoms with Crippen LogP contribution in [0.3, 0.4) is 0 Å². The number of hydrogen-bond acceptors (Lipinski definition) is 6. The summed E-state index contributed by atoms with van der Waals surface area (Å²) in [6.07, 6.45) is 0.780. The fraction of sp³-hybridized carbons (Fsp3) is 0.471. The Morgan fingerprint density at radius 2 is 1.88 bits per heavy atom. The number of ether oxygens (including phenoxy) is 2. The number of hydrogen-bond donors (Lipinski definition) is 1. The summed E-state index contributed by atoms with van der Waals surface area (Å²) < 4.78 is 9.69. The molecule has 0 unspecified atom stereocenters. The van der Waals surface area contributed by atoms with E-state index in [2.05, 4.69) is 10.5 Å². The predicted molar refractivity (Wildman–Crippen MR) is 89.9 cm³/mol. The lowest BCUT2D eigenvalue weighted by molar-refractivity contribution is -0.145. The van der Waals surface area contributed by atoms with E-state index in [1.54, 1.807) is 38.3 Å². The van der Waals surface area contributed by atoms with Crippen LogP contribution in [0.15, 0.2) is 35.5 Å². The molecule has 1 N–H and O–H groups in total. The number of esters is 1. The van der Waals surface area contributed by atoms with Gasteiger partial charge in [0.1, 0.15) is 13.2 Å². The molecule has 0 atom stereocenters. The summed E-state index contributed by atoms with van der Waals surface area (Å²) >= 11 is 0. The Bertz CT molecular complexity index is 531. The van der Waals surface area contributed by atoms with Gasteiger partial charge in [-0.1, -0.05) is 23.4 Å². The smallest absolute Gasteiger partial charge is 0.305 e. The molecule has 0 aliphatic carbocycles. The third-order valence-corrected chi connectivity index (χ3v) is 2.93. The highest BCUT2D eigenvalue weighted by atomic mass is 16.6. The molecular formula is C17H24N2O5. The molecule has 0 fully saturated rings. The van der Waals surface area contributed by atoms with Crippen molar-refractivity contribution >= 4 is 17.6 Å². The van der Waals surface area contributed by atoms with E-state index in [0.29, 0.717) is 37.5 Å². The second-order valence-corrected chi connectivity index (χ2v) is 5.03. The highest BCUT2D eigenvalue weighted by Gasteiger charge is 2.05. The number of benzene rings is 1. The molecule has 0 bridgehead atoms. The van der Waals surface area contributed by atoms with Gasteiger partial charge in [0.15, 0.2) is 0 Å². The van der Waals surface area contributed by atoms with Crippen molar-refractivity contribution < 1.29 is 23.9 Å². The summed E-state index contributed by atoms with van der Waals surface area (Å²) in [5.74, 6) is -0.449. The minimum absolute atomic E-state index is 0.163. The van der Waals surface area contributed by atoms with Crippen LogP contribution in [0.5, 0.6) is 0 Å². The molecule has 1 amide bonds. The number of carbonyl (C=O) groups excluding carboxylic acids is 2. The van der Waals surface area contributed by atoms with Gasteiger partial charge in [-0.3, -0.25) is 9.59 Å². The monoisotopic (exact) mass is 336 g/mol. The maximum atomic E-state index is 11.8. The predicted octanol–water partition coefficient (Wildman–Crippen LogP) is 1.78. The molecule has 0 aromatic heterocycles. The number of nitrogens with zero attached hydrogens (tertiary/aromatic N) is 1. The first-order valence-electron chi connectivity index (χ1n) is 7.76. The summed E-state index contributed by atoms with van der Waals surface area (Å²) in [5.41, 5.74) is 1.24. The van der Waals surface area contributed by atoms with Gasteiger partial charge in [-0.2, -0.15) is 0 Å². The standard InChI is InChI=1S/C17H24N2O5/c1-14(13-18-17(21)15-7-4-3-5-8-15)19-24-10-6-9-16(20)23-12-11-22-2/h3-5,7-8H,6,9-13H2,1-2H3,(H,18,21)/b19-14-. The lowest BCUT2D eigenvalue weighted by atomic mass is 10.2. The Labute approximate surface area is 142 Å². The molecule has 7 nitrogen and oxygen atoms in total. The van der Waals surface area contributed by atoms with Crippen LogP contribution in [0, 0.1) is 0 Å². The van der Waals surface area contributed by atoms with Crippen LogP contribution in [-0.2, 0) is 19.1 Å². The molecule has 0 spiro atoms. The van der Waals surface area contributed by atoms with E-state index in [1.807, 2.05) is 6.07 Å². The molecule has 1 rings (SSSR count). The van der Waals surface area contributed by atoms with Gasteiger partial charge in [0.05, 0.1) is 18.9 Å². The Hall–Kier alpha value is -2.41. The van der Waals surface area contributed by atoms with Crippen molar-refractivity contribution in [2.45, 2.75) is 19.8 Å². The number of amides is 1. The van der Waals surface area contributed by atoms with E-state index in [1.165, 1.54) is 0 Å². The van der Waals surface area contributed by atoms with Gasteiger partial charge in [0, 0.05) is 19.1 Å². The van der Waals surface area contributed by atoms with E-state index >= 15 is 0 Å². The van der Waals surface area contributed by atoms with Gasteiger partial charge in [0.25, 0.3) is 5.91 Å². The fourth-order valence-corrected chi connectivity index (χ4v) is 1.68. The van der Waals surface area contributed by atoms with E-state index in [9.17, 15) is 9.59 Å². The minimum Gasteiger partial charge on any atom is -0.463 e. The zero-order valence-electron chi connectivity index (χ0n) is 14.1. The van der Waals surface area contributed by atoms with Gasteiger partial charge in [-0.25, -0.2) is 0 Å². The van der Waals surface area contributed by atoms with E-state index in [0.717, 1.165) is 0 Å². The molecule has 7 heteroatoms. The second-order valence-electron chi connectivity index (χ2n) is 5.03.